The first-order valence-corrected chi connectivity index (χ1v) is 9.88. The Hall–Kier alpha value is -2.14. The molecule has 0 unspecified atom stereocenters. The molecule has 148 valence electrons. The Kier molecular flexibility index (Phi) is 7.26. The minimum atomic E-state index is -0.783. The number of carbonyl (C=O) groups is 1. The zero-order valence-electron chi connectivity index (χ0n) is 15.9. The zero-order chi connectivity index (χ0) is 19.9. The predicted octanol–water partition coefficient (Wildman–Crippen LogP) is 5.86. The molecule has 0 spiro atoms. The molecule has 1 aliphatic heterocycles. The van der Waals surface area contributed by atoms with Gasteiger partial charge in [0.15, 0.2) is 6.29 Å². The van der Waals surface area contributed by atoms with Crippen molar-refractivity contribution in [2.24, 2.45) is 5.92 Å². The minimum absolute atomic E-state index is 0.125. The van der Waals surface area contributed by atoms with Crippen LogP contribution in [0.25, 0.3) is 0 Å². The summed E-state index contributed by atoms with van der Waals surface area (Å²) in [7, 11) is 0. The van der Waals surface area contributed by atoms with E-state index in [0.29, 0.717) is 18.1 Å². The summed E-state index contributed by atoms with van der Waals surface area (Å²) < 4.78 is 12.4. The SMILES string of the molecule is Cc1ccccc1[C@H]1O[C@@H](c2ccccc2Cl)OC[C@H]1C/C=C\CCC(=O)O. The van der Waals surface area contributed by atoms with E-state index >= 15 is 0 Å². The first kappa shape index (κ1) is 20.6. The summed E-state index contributed by atoms with van der Waals surface area (Å²) in [5.41, 5.74) is 3.15. The Bertz CT molecular complexity index is 833. The molecule has 1 N–H and O–H groups in total. The number of hydrogen-bond donors (Lipinski definition) is 1. The summed E-state index contributed by atoms with van der Waals surface area (Å²) in [5.74, 6) is -0.643. The maximum atomic E-state index is 10.7. The zero-order valence-corrected chi connectivity index (χ0v) is 16.6. The second-order valence-electron chi connectivity index (χ2n) is 7.00. The Morgan fingerprint density at radius 2 is 1.86 bits per heavy atom. The molecule has 2 aromatic rings. The summed E-state index contributed by atoms with van der Waals surface area (Å²) >= 11 is 6.34. The number of benzene rings is 2. The molecule has 0 aromatic heterocycles. The molecule has 0 amide bonds. The van der Waals surface area contributed by atoms with Crippen LogP contribution < -0.4 is 0 Å². The van der Waals surface area contributed by atoms with Gasteiger partial charge in [-0.2, -0.15) is 0 Å². The van der Waals surface area contributed by atoms with Gasteiger partial charge in [-0.25, -0.2) is 0 Å². The van der Waals surface area contributed by atoms with E-state index in [1.807, 2.05) is 48.6 Å². The van der Waals surface area contributed by atoms with Crippen LogP contribution in [0.1, 0.15) is 48.3 Å². The van der Waals surface area contributed by atoms with Crippen molar-refractivity contribution >= 4 is 17.6 Å². The normalized spacial score (nSPS) is 22.4. The van der Waals surface area contributed by atoms with E-state index in [1.165, 1.54) is 5.56 Å². The molecule has 5 heteroatoms. The van der Waals surface area contributed by atoms with Crippen LogP contribution in [0.4, 0.5) is 0 Å². The largest absolute Gasteiger partial charge is 0.481 e. The van der Waals surface area contributed by atoms with Gasteiger partial charge in [-0.05, 0) is 37.0 Å². The molecule has 3 atom stereocenters. The first-order valence-electron chi connectivity index (χ1n) is 9.50. The molecule has 0 bridgehead atoms. The van der Waals surface area contributed by atoms with E-state index in [2.05, 4.69) is 19.1 Å². The lowest BCUT2D eigenvalue weighted by molar-refractivity contribution is -0.244. The van der Waals surface area contributed by atoms with Crippen molar-refractivity contribution in [2.75, 3.05) is 6.61 Å². The van der Waals surface area contributed by atoms with Crippen molar-refractivity contribution in [1.82, 2.24) is 0 Å². The van der Waals surface area contributed by atoms with Crippen molar-refractivity contribution < 1.29 is 19.4 Å². The number of carboxylic acid groups (broad SMARTS) is 1. The number of carboxylic acids is 1. The summed E-state index contributed by atoms with van der Waals surface area (Å²) in [5, 5.41) is 9.39. The fourth-order valence-corrected chi connectivity index (χ4v) is 3.66. The van der Waals surface area contributed by atoms with Crippen molar-refractivity contribution in [3.8, 4) is 0 Å². The molecule has 2 aromatic carbocycles. The van der Waals surface area contributed by atoms with E-state index in [1.54, 1.807) is 0 Å². The lowest BCUT2D eigenvalue weighted by Crippen LogP contribution is -2.31. The van der Waals surface area contributed by atoms with E-state index < -0.39 is 12.3 Å². The van der Waals surface area contributed by atoms with Crippen LogP contribution in [0.15, 0.2) is 60.7 Å². The number of allylic oxidation sites excluding steroid dienone is 2. The molecule has 1 aliphatic rings. The van der Waals surface area contributed by atoms with E-state index in [0.717, 1.165) is 17.5 Å². The third-order valence-electron chi connectivity index (χ3n) is 4.94. The molecular formula is C23H25ClO4. The summed E-state index contributed by atoms with van der Waals surface area (Å²) in [6.07, 6.45) is 4.75. The van der Waals surface area contributed by atoms with Crippen LogP contribution >= 0.6 is 11.6 Å². The van der Waals surface area contributed by atoms with Crippen LogP contribution in [0.3, 0.4) is 0 Å². The number of rotatable bonds is 7. The number of ether oxygens (including phenoxy) is 2. The average Bonchev–Trinajstić information content (AvgIpc) is 2.68. The molecule has 28 heavy (non-hydrogen) atoms. The topological polar surface area (TPSA) is 55.8 Å². The maximum Gasteiger partial charge on any atom is 0.303 e. The molecule has 0 radical (unpaired) electrons. The van der Waals surface area contributed by atoms with Crippen molar-refractivity contribution in [1.29, 1.82) is 0 Å². The van der Waals surface area contributed by atoms with Crippen LogP contribution in [-0.4, -0.2) is 17.7 Å². The highest BCUT2D eigenvalue weighted by Gasteiger charge is 2.34. The quantitative estimate of drug-likeness (QED) is 0.591. The van der Waals surface area contributed by atoms with Crippen LogP contribution in [0.5, 0.6) is 0 Å². The molecule has 0 saturated carbocycles. The van der Waals surface area contributed by atoms with Gasteiger partial charge in [0.25, 0.3) is 0 Å². The molecule has 1 saturated heterocycles. The van der Waals surface area contributed by atoms with Crippen molar-refractivity contribution in [3.63, 3.8) is 0 Å². The molecule has 1 fully saturated rings. The highest BCUT2D eigenvalue weighted by molar-refractivity contribution is 6.31. The highest BCUT2D eigenvalue weighted by atomic mass is 35.5. The lowest BCUT2D eigenvalue weighted by Gasteiger charge is -2.37. The minimum Gasteiger partial charge on any atom is -0.481 e. The van der Waals surface area contributed by atoms with Gasteiger partial charge in [0.1, 0.15) is 0 Å². The van der Waals surface area contributed by atoms with Gasteiger partial charge in [-0.15, -0.1) is 0 Å². The summed E-state index contributed by atoms with van der Waals surface area (Å²) in [6, 6.07) is 15.8. The van der Waals surface area contributed by atoms with E-state index in [4.69, 9.17) is 26.2 Å². The van der Waals surface area contributed by atoms with E-state index in [9.17, 15) is 4.79 Å². The molecule has 0 aliphatic carbocycles. The fourth-order valence-electron chi connectivity index (χ4n) is 3.43. The average molecular weight is 401 g/mol. The molecule has 4 nitrogen and oxygen atoms in total. The Labute approximate surface area is 170 Å². The Morgan fingerprint density at radius 3 is 2.57 bits per heavy atom. The summed E-state index contributed by atoms with van der Waals surface area (Å²) in [6.45, 7) is 2.62. The van der Waals surface area contributed by atoms with E-state index in [-0.39, 0.29) is 18.4 Å². The fraction of sp³-hybridized carbons (Fsp3) is 0.348. The van der Waals surface area contributed by atoms with Crippen LogP contribution in [-0.2, 0) is 14.3 Å². The first-order chi connectivity index (χ1) is 13.6. The lowest BCUT2D eigenvalue weighted by atomic mass is 9.89. The molecule has 3 rings (SSSR count). The Morgan fingerprint density at radius 1 is 1.14 bits per heavy atom. The number of halogens is 1. The molecule has 1 heterocycles. The van der Waals surface area contributed by atoms with Gasteiger partial charge in [0.05, 0.1) is 12.7 Å². The Balaban J connectivity index is 1.77. The smallest absolute Gasteiger partial charge is 0.303 e. The summed E-state index contributed by atoms with van der Waals surface area (Å²) in [4.78, 5) is 10.7. The van der Waals surface area contributed by atoms with Gasteiger partial charge in [-0.3, -0.25) is 4.79 Å². The van der Waals surface area contributed by atoms with Gasteiger partial charge in [0, 0.05) is 22.9 Å². The number of hydrogen-bond acceptors (Lipinski definition) is 3. The standard InChI is InChI=1S/C23H25ClO4/c1-16-9-5-6-11-18(16)22-17(10-3-2-4-14-21(25)26)15-27-23(28-22)19-12-7-8-13-20(19)24/h2-3,5-9,11-13,17,22-23H,4,10,14-15H2,1H3,(H,25,26)/b3-2-/t17-,22+,23+/m1/s1. The van der Waals surface area contributed by atoms with Crippen molar-refractivity contribution in [3.05, 3.63) is 82.4 Å². The predicted molar refractivity (Wildman–Crippen MR) is 109 cm³/mol. The van der Waals surface area contributed by atoms with Crippen LogP contribution in [0, 0.1) is 12.8 Å². The third-order valence-corrected chi connectivity index (χ3v) is 5.29. The molecular weight excluding hydrogens is 376 g/mol. The highest BCUT2D eigenvalue weighted by Crippen LogP contribution is 2.42. The number of aliphatic carboxylic acids is 1. The van der Waals surface area contributed by atoms with Gasteiger partial charge >= 0.3 is 5.97 Å². The van der Waals surface area contributed by atoms with Crippen molar-refractivity contribution in [2.45, 2.75) is 38.6 Å². The third kappa shape index (κ3) is 5.22. The maximum absolute atomic E-state index is 10.7. The van der Waals surface area contributed by atoms with Gasteiger partial charge in [0.2, 0.25) is 0 Å². The second-order valence-corrected chi connectivity index (χ2v) is 7.41. The second kappa shape index (κ2) is 9.87. The van der Waals surface area contributed by atoms with Crippen LogP contribution in [0.2, 0.25) is 5.02 Å². The van der Waals surface area contributed by atoms with Gasteiger partial charge < -0.3 is 14.6 Å². The monoisotopic (exact) mass is 400 g/mol. The van der Waals surface area contributed by atoms with Gasteiger partial charge in [-0.1, -0.05) is 66.2 Å². The number of aryl methyl sites for hydroxylation is 1.